The first-order valence-electron chi connectivity index (χ1n) is 8.87. The van der Waals surface area contributed by atoms with Crippen molar-refractivity contribution >= 4 is 17.5 Å². The number of methoxy groups -OCH3 is 3. The van der Waals surface area contributed by atoms with Crippen LogP contribution in [0.5, 0.6) is 17.2 Å². The number of anilines is 1. The van der Waals surface area contributed by atoms with Crippen molar-refractivity contribution in [1.29, 1.82) is 0 Å². The molecule has 7 nitrogen and oxygen atoms in total. The van der Waals surface area contributed by atoms with Crippen LogP contribution in [0.15, 0.2) is 36.4 Å². The van der Waals surface area contributed by atoms with Crippen LogP contribution >= 0.6 is 0 Å². The molecule has 28 heavy (non-hydrogen) atoms. The first-order chi connectivity index (χ1) is 13.4. The van der Waals surface area contributed by atoms with E-state index in [4.69, 9.17) is 14.2 Å². The molecule has 0 unspecified atom stereocenters. The van der Waals surface area contributed by atoms with Crippen LogP contribution in [0.1, 0.15) is 29.8 Å². The molecule has 0 saturated heterocycles. The zero-order valence-electron chi connectivity index (χ0n) is 16.8. The second-order valence-electron chi connectivity index (χ2n) is 6.44. The Morgan fingerprint density at radius 1 is 0.929 bits per heavy atom. The summed E-state index contributed by atoms with van der Waals surface area (Å²) in [5.41, 5.74) is 2.03. The van der Waals surface area contributed by atoms with Crippen molar-refractivity contribution in [3.05, 3.63) is 47.5 Å². The fraction of sp³-hybridized carbons (Fsp3) is 0.333. The molecule has 0 fully saturated rings. The van der Waals surface area contributed by atoms with Crippen LogP contribution in [0.25, 0.3) is 0 Å². The second-order valence-corrected chi connectivity index (χ2v) is 6.44. The third-order valence-electron chi connectivity index (χ3n) is 4.13. The van der Waals surface area contributed by atoms with Crippen molar-refractivity contribution in [1.82, 2.24) is 5.32 Å². The molecule has 0 saturated carbocycles. The molecule has 0 aliphatic heterocycles. The molecule has 0 aromatic heterocycles. The first kappa shape index (κ1) is 21.1. The summed E-state index contributed by atoms with van der Waals surface area (Å²) in [7, 11) is 4.50. The summed E-state index contributed by atoms with van der Waals surface area (Å²) in [6.45, 7) is 4.01. The zero-order chi connectivity index (χ0) is 20.7. The maximum atomic E-state index is 12.5. The average molecular weight is 386 g/mol. The van der Waals surface area contributed by atoms with Crippen LogP contribution < -0.4 is 24.8 Å². The Hall–Kier alpha value is -3.22. The van der Waals surface area contributed by atoms with Crippen molar-refractivity contribution in [2.75, 3.05) is 26.6 Å². The molecule has 7 heteroatoms. The number of nitrogens with one attached hydrogen (secondary N) is 2. The van der Waals surface area contributed by atoms with Gasteiger partial charge in [-0.15, -0.1) is 0 Å². The van der Waals surface area contributed by atoms with Crippen LogP contribution in [0, 0.1) is 5.92 Å². The van der Waals surface area contributed by atoms with Gasteiger partial charge in [-0.1, -0.05) is 26.0 Å². The summed E-state index contributed by atoms with van der Waals surface area (Å²) < 4.78 is 15.8. The van der Waals surface area contributed by atoms with E-state index < -0.39 is 0 Å². The summed E-state index contributed by atoms with van der Waals surface area (Å²) in [5, 5.41) is 5.69. The van der Waals surface area contributed by atoms with Gasteiger partial charge in [0.25, 0.3) is 5.91 Å². The molecule has 2 aromatic carbocycles. The van der Waals surface area contributed by atoms with E-state index in [1.165, 1.54) is 21.3 Å². The molecule has 0 radical (unpaired) electrons. The van der Waals surface area contributed by atoms with Crippen molar-refractivity contribution in [2.45, 2.75) is 20.4 Å². The lowest BCUT2D eigenvalue weighted by atomic mass is 10.1. The summed E-state index contributed by atoms with van der Waals surface area (Å²) in [6.07, 6.45) is 0. The fourth-order valence-electron chi connectivity index (χ4n) is 2.49. The monoisotopic (exact) mass is 386 g/mol. The van der Waals surface area contributed by atoms with Gasteiger partial charge in [0.05, 0.1) is 21.3 Å². The normalized spacial score (nSPS) is 10.4. The van der Waals surface area contributed by atoms with Crippen molar-refractivity contribution in [2.24, 2.45) is 5.92 Å². The Morgan fingerprint density at radius 3 is 1.96 bits per heavy atom. The van der Waals surface area contributed by atoms with E-state index in [1.54, 1.807) is 24.3 Å². The van der Waals surface area contributed by atoms with Crippen LogP contribution in [-0.2, 0) is 11.3 Å². The zero-order valence-corrected chi connectivity index (χ0v) is 16.8. The average Bonchev–Trinajstić information content (AvgIpc) is 2.71. The maximum Gasteiger partial charge on any atom is 0.251 e. The minimum absolute atomic E-state index is 0.0385. The summed E-state index contributed by atoms with van der Waals surface area (Å²) in [6, 6.07) is 10.5. The van der Waals surface area contributed by atoms with E-state index in [2.05, 4.69) is 10.6 Å². The van der Waals surface area contributed by atoms with Gasteiger partial charge >= 0.3 is 0 Å². The Labute approximate surface area is 165 Å². The molecule has 2 N–H and O–H groups in total. The minimum Gasteiger partial charge on any atom is -0.493 e. The lowest BCUT2D eigenvalue weighted by Gasteiger charge is -2.14. The Balaban J connectivity index is 2.05. The number of carbonyl (C=O) groups is 2. The lowest BCUT2D eigenvalue weighted by Crippen LogP contribution is -2.23. The predicted octanol–water partition coefficient (Wildman–Crippen LogP) is 3.24. The molecule has 0 atom stereocenters. The van der Waals surface area contributed by atoms with Gasteiger partial charge in [-0.25, -0.2) is 0 Å². The predicted molar refractivity (Wildman–Crippen MR) is 107 cm³/mol. The molecule has 2 amide bonds. The van der Waals surface area contributed by atoms with Crippen molar-refractivity contribution < 1.29 is 23.8 Å². The maximum absolute atomic E-state index is 12.5. The van der Waals surface area contributed by atoms with Gasteiger partial charge in [0, 0.05) is 23.7 Å². The molecule has 0 aliphatic rings. The SMILES string of the molecule is COc1cc(C(=O)NCc2ccc(NC(=O)C(C)C)cc2)cc(OC)c1OC. The number of carbonyl (C=O) groups excluding carboxylic acids is 2. The third-order valence-corrected chi connectivity index (χ3v) is 4.13. The molecular formula is C21H26N2O5. The van der Waals surface area contributed by atoms with Crippen molar-refractivity contribution in [3.63, 3.8) is 0 Å². The molecule has 2 aromatic rings. The third kappa shape index (κ3) is 5.16. The summed E-state index contributed by atoms with van der Waals surface area (Å²) in [5.74, 6) is 0.868. The first-order valence-corrected chi connectivity index (χ1v) is 8.87. The summed E-state index contributed by atoms with van der Waals surface area (Å²) in [4.78, 5) is 24.2. The smallest absolute Gasteiger partial charge is 0.251 e. The molecule has 0 heterocycles. The van der Waals surface area contributed by atoms with Gasteiger partial charge in [-0.3, -0.25) is 9.59 Å². The summed E-state index contributed by atoms with van der Waals surface area (Å²) >= 11 is 0. The van der Waals surface area contributed by atoms with E-state index >= 15 is 0 Å². The van der Waals surface area contributed by atoms with E-state index in [0.717, 1.165) is 11.3 Å². The van der Waals surface area contributed by atoms with Crippen molar-refractivity contribution in [3.8, 4) is 17.2 Å². The van der Waals surface area contributed by atoms with Gasteiger partial charge < -0.3 is 24.8 Å². The number of amides is 2. The van der Waals surface area contributed by atoms with E-state index in [-0.39, 0.29) is 17.7 Å². The highest BCUT2D eigenvalue weighted by Gasteiger charge is 2.17. The van der Waals surface area contributed by atoms with E-state index in [9.17, 15) is 9.59 Å². The Kier molecular flexibility index (Phi) is 7.26. The molecule has 0 bridgehead atoms. The molecular weight excluding hydrogens is 360 g/mol. The van der Waals surface area contributed by atoms with Gasteiger partial charge in [-0.2, -0.15) is 0 Å². The highest BCUT2D eigenvalue weighted by Crippen LogP contribution is 2.38. The van der Waals surface area contributed by atoms with Gasteiger partial charge in [0.2, 0.25) is 11.7 Å². The van der Waals surface area contributed by atoms with Gasteiger partial charge in [0.15, 0.2) is 11.5 Å². The van der Waals surface area contributed by atoms with Crippen LogP contribution in [-0.4, -0.2) is 33.1 Å². The molecule has 0 aliphatic carbocycles. The highest BCUT2D eigenvalue weighted by molar-refractivity contribution is 5.95. The van der Waals surface area contributed by atoms with Gasteiger partial charge in [-0.05, 0) is 29.8 Å². The Bertz CT molecular complexity index is 806. The lowest BCUT2D eigenvalue weighted by molar-refractivity contribution is -0.118. The number of hydrogen-bond acceptors (Lipinski definition) is 5. The minimum atomic E-state index is -0.267. The van der Waals surface area contributed by atoms with E-state index in [0.29, 0.717) is 29.4 Å². The largest absolute Gasteiger partial charge is 0.493 e. The number of rotatable bonds is 8. The fourth-order valence-corrected chi connectivity index (χ4v) is 2.49. The highest BCUT2D eigenvalue weighted by atomic mass is 16.5. The van der Waals surface area contributed by atoms with E-state index in [1.807, 2.05) is 26.0 Å². The molecule has 2 rings (SSSR count). The molecule has 0 spiro atoms. The van der Waals surface area contributed by atoms with Gasteiger partial charge in [0.1, 0.15) is 0 Å². The number of hydrogen-bond donors (Lipinski definition) is 2. The molecule has 150 valence electrons. The Morgan fingerprint density at radius 2 is 1.50 bits per heavy atom. The number of ether oxygens (including phenoxy) is 3. The van der Waals surface area contributed by atoms with Crippen LogP contribution in [0.3, 0.4) is 0 Å². The topological polar surface area (TPSA) is 85.9 Å². The number of benzene rings is 2. The van der Waals surface area contributed by atoms with Crippen LogP contribution in [0.4, 0.5) is 5.69 Å². The second kappa shape index (κ2) is 9.64. The standard InChI is InChI=1S/C21H26N2O5/c1-13(2)20(24)23-16-8-6-14(7-9-16)12-22-21(25)15-10-17(26-3)19(28-5)18(11-15)27-4/h6-11,13H,12H2,1-5H3,(H,22,25)(H,23,24). The van der Waals surface area contributed by atoms with Crippen LogP contribution in [0.2, 0.25) is 0 Å². The quantitative estimate of drug-likeness (QED) is 0.727.